The number of aryl methyl sites for hydroxylation is 1. The molecule has 1 aromatic carbocycles. The number of benzene rings is 1. The third kappa shape index (κ3) is 4.35. The summed E-state index contributed by atoms with van der Waals surface area (Å²) in [5.41, 5.74) is 0.858. The van der Waals surface area contributed by atoms with Gasteiger partial charge in [0.15, 0.2) is 0 Å². The van der Waals surface area contributed by atoms with E-state index in [0.29, 0.717) is 0 Å². The van der Waals surface area contributed by atoms with Crippen molar-refractivity contribution >= 4 is 15.8 Å². The number of hydrogen-bond donors (Lipinski definition) is 1. The smallest absolute Gasteiger partial charge is 0.406 e. The van der Waals surface area contributed by atoms with Gasteiger partial charge in [0.25, 0.3) is 10.0 Å². The van der Waals surface area contributed by atoms with E-state index in [9.17, 15) is 21.6 Å². The molecular weight excluding hydrogens is 321 g/mol. The lowest BCUT2D eigenvalue weighted by Gasteiger charge is -2.10. The van der Waals surface area contributed by atoms with E-state index in [1.54, 1.807) is 13.0 Å². The molecule has 1 heterocycles. The Kier molecular flexibility index (Phi) is 4.27. The van der Waals surface area contributed by atoms with Gasteiger partial charge >= 0.3 is 6.36 Å². The molecule has 0 spiro atoms. The molecule has 0 fully saturated rings. The molecule has 2 rings (SSSR count). The summed E-state index contributed by atoms with van der Waals surface area (Å²) in [7, 11) is -3.94. The average molecular weight is 332 g/mol. The fourth-order valence-electron chi connectivity index (χ4n) is 1.55. The Balaban J connectivity index is 2.17. The molecule has 0 amide bonds. The van der Waals surface area contributed by atoms with Gasteiger partial charge in [0.05, 0.1) is 4.90 Å². The Bertz CT molecular complexity index is 742. The SMILES string of the molecule is Cc1ccc(NS(=O)(=O)c2ccc(OC(F)(F)F)cc2)nc1. The summed E-state index contributed by atoms with van der Waals surface area (Å²) in [6.45, 7) is 1.80. The lowest BCUT2D eigenvalue weighted by atomic mass is 10.3. The van der Waals surface area contributed by atoms with Crippen LogP contribution in [0.3, 0.4) is 0 Å². The van der Waals surface area contributed by atoms with Crippen LogP contribution in [0.4, 0.5) is 19.0 Å². The molecule has 118 valence electrons. The molecule has 0 saturated heterocycles. The monoisotopic (exact) mass is 332 g/mol. The van der Waals surface area contributed by atoms with Crippen molar-refractivity contribution in [1.82, 2.24) is 4.98 Å². The Labute approximate surface area is 124 Å². The molecular formula is C13H11F3N2O3S. The molecule has 0 aliphatic carbocycles. The van der Waals surface area contributed by atoms with Crippen LogP contribution >= 0.6 is 0 Å². The van der Waals surface area contributed by atoms with E-state index in [1.807, 2.05) is 0 Å². The van der Waals surface area contributed by atoms with Crippen LogP contribution in [0.5, 0.6) is 5.75 Å². The number of rotatable bonds is 4. The fourth-order valence-corrected chi connectivity index (χ4v) is 2.55. The maximum Gasteiger partial charge on any atom is 0.573 e. The normalized spacial score (nSPS) is 12.0. The summed E-state index contributed by atoms with van der Waals surface area (Å²) in [4.78, 5) is 3.69. The molecule has 0 atom stereocenters. The summed E-state index contributed by atoms with van der Waals surface area (Å²) >= 11 is 0. The number of nitrogens with zero attached hydrogens (tertiary/aromatic N) is 1. The van der Waals surface area contributed by atoms with Gasteiger partial charge in [0, 0.05) is 6.20 Å². The zero-order valence-electron chi connectivity index (χ0n) is 11.3. The van der Waals surface area contributed by atoms with E-state index in [2.05, 4.69) is 14.4 Å². The van der Waals surface area contributed by atoms with Gasteiger partial charge in [-0.1, -0.05) is 6.07 Å². The molecule has 0 radical (unpaired) electrons. The summed E-state index contributed by atoms with van der Waals surface area (Å²) in [6.07, 6.45) is -3.34. The molecule has 0 aliphatic rings. The summed E-state index contributed by atoms with van der Waals surface area (Å²) in [5.74, 6) is -0.388. The second kappa shape index (κ2) is 5.84. The highest BCUT2D eigenvalue weighted by molar-refractivity contribution is 7.92. The molecule has 0 bridgehead atoms. The van der Waals surface area contributed by atoms with Crippen molar-refractivity contribution in [1.29, 1.82) is 0 Å². The molecule has 9 heteroatoms. The van der Waals surface area contributed by atoms with E-state index in [4.69, 9.17) is 0 Å². The van der Waals surface area contributed by atoms with Crippen molar-refractivity contribution in [3.63, 3.8) is 0 Å². The van der Waals surface area contributed by atoms with Crippen LogP contribution < -0.4 is 9.46 Å². The van der Waals surface area contributed by atoms with Crippen molar-refractivity contribution in [2.75, 3.05) is 4.72 Å². The molecule has 2 aromatic rings. The highest BCUT2D eigenvalue weighted by Crippen LogP contribution is 2.24. The number of hydrogen-bond acceptors (Lipinski definition) is 4. The third-order valence-electron chi connectivity index (χ3n) is 2.52. The Morgan fingerprint density at radius 1 is 1.09 bits per heavy atom. The fraction of sp³-hybridized carbons (Fsp3) is 0.154. The van der Waals surface area contributed by atoms with Crippen molar-refractivity contribution in [2.45, 2.75) is 18.2 Å². The standard InChI is InChI=1S/C13H11F3N2O3S/c1-9-2-7-12(17-8-9)18-22(19,20)11-5-3-10(4-6-11)21-13(14,15)16/h2-8H,1H3,(H,17,18). The van der Waals surface area contributed by atoms with Gasteiger partial charge in [-0.2, -0.15) is 0 Å². The van der Waals surface area contributed by atoms with Crippen LogP contribution in [0.25, 0.3) is 0 Å². The maximum absolute atomic E-state index is 12.1. The van der Waals surface area contributed by atoms with Gasteiger partial charge in [0.2, 0.25) is 0 Å². The minimum absolute atomic E-state index is 0.112. The highest BCUT2D eigenvalue weighted by Gasteiger charge is 2.31. The third-order valence-corrected chi connectivity index (χ3v) is 3.89. The minimum Gasteiger partial charge on any atom is -0.406 e. The molecule has 22 heavy (non-hydrogen) atoms. The van der Waals surface area contributed by atoms with Gasteiger partial charge in [0.1, 0.15) is 11.6 Å². The van der Waals surface area contributed by atoms with Crippen molar-refractivity contribution in [3.8, 4) is 5.75 Å². The van der Waals surface area contributed by atoms with Crippen LogP contribution in [0.15, 0.2) is 47.5 Å². The summed E-state index contributed by atoms with van der Waals surface area (Å²) in [6, 6.07) is 7.02. The van der Waals surface area contributed by atoms with E-state index < -0.39 is 22.1 Å². The molecule has 0 aliphatic heterocycles. The van der Waals surface area contributed by atoms with Crippen molar-refractivity contribution in [2.24, 2.45) is 0 Å². The average Bonchev–Trinajstić information content (AvgIpc) is 2.40. The molecule has 1 aromatic heterocycles. The number of aromatic nitrogens is 1. The number of pyridine rings is 1. The van der Waals surface area contributed by atoms with Crippen LogP contribution in [0.1, 0.15) is 5.56 Å². The Morgan fingerprint density at radius 3 is 2.23 bits per heavy atom. The number of ether oxygens (including phenoxy) is 1. The van der Waals surface area contributed by atoms with Crippen LogP contribution in [-0.2, 0) is 10.0 Å². The van der Waals surface area contributed by atoms with Crippen LogP contribution in [0.2, 0.25) is 0 Å². The molecule has 0 unspecified atom stereocenters. The largest absolute Gasteiger partial charge is 0.573 e. The first kappa shape index (κ1) is 16.1. The van der Waals surface area contributed by atoms with E-state index in [-0.39, 0.29) is 10.7 Å². The predicted octanol–water partition coefficient (Wildman–Crippen LogP) is 3.09. The minimum atomic E-state index is -4.83. The van der Waals surface area contributed by atoms with E-state index in [0.717, 1.165) is 29.8 Å². The first-order chi connectivity index (χ1) is 10.2. The maximum atomic E-state index is 12.1. The Hall–Kier alpha value is -2.29. The highest BCUT2D eigenvalue weighted by atomic mass is 32.2. The second-order valence-corrected chi connectivity index (χ2v) is 6.03. The zero-order chi connectivity index (χ0) is 16.4. The molecule has 5 nitrogen and oxygen atoms in total. The number of halogens is 3. The number of anilines is 1. The van der Waals surface area contributed by atoms with Gasteiger partial charge < -0.3 is 4.74 Å². The van der Waals surface area contributed by atoms with Crippen molar-refractivity contribution in [3.05, 3.63) is 48.2 Å². The molecule has 1 N–H and O–H groups in total. The van der Waals surface area contributed by atoms with Crippen molar-refractivity contribution < 1.29 is 26.3 Å². The predicted molar refractivity (Wildman–Crippen MR) is 72.9 cm³/mol. The first-order valence-corrected chi connectivity index (χ1v) is 7.45. The number of alkyl halides is 3. The molecule has 0 saturated carbocycles. The summed E-state index contributed by atoms with van der Waals surface area (Å²) < 4.78 is 66.1. The van der Waals surface area contributed by atoms with Gasteiger partial charge in [-0.05, 0) is 42.8 Å². The van der Waals surface area contributed by atoms with E-state index >= 15 is 0 Å². The second-order valence-electron chi connectivity index (χ2n) is 4.35. The van der Waals surface area contributed by atoms with Crippen LogP contribution in [0, 0.1) is 6.92 Å². The lowest BCUT2D eigenvalue weighted by molar-refractivity contribution is -0.274. The van der Waals surface area contributed by atoms with E-state index in [1.165, 1.54) is 12.3 Å². The Morgan fingerprint density at radius 2 is 1.73 bits per heavy atom. The number of sulfonamides is 1. The lowest BCUT2D eigenvalue weighted by Crippen LogP contribution is -2.17. The zero-order valence-corrected chi connectivity index (χ0v) is 12.1. The topological polar surface area (TPSA) is 68.3 Å². The quantitative estimate of drug-likeness (QED) is 0.934. The van der Waals surface area contributed by atoms with Gasteiger partial charge in [-0.15, -0.1) is 13.2 Å². The van der Waals surface area contributed by atoms with Crippen LogP contribution in [-0.4, -0.2) is 19.8 Å². The number of nitrogens with one attached hydrogen (secondary N) is 1. The van der Waals surface area contributed by atoms with Gasteiger partial charge in [-0.25, -0.2) is 13.4 Å². The van der Waals surface area contributed by atoms with Gasteiger partial charge in [-0.3, -0.25) is 4.72 Å². The summed E-state index contributed by atoms with van der Waals surface area (Å²) in [5, 5.41) is 0. The first-order valence-electron chi connectivity index (χ1n) is 5.97.